The summed E-state index contributed by atoms with van der Waals surface area (Å²) in [5.74, 6) is 0. The first-order valence-electron chi connectivity index (χ1n) is 1.74. The molecule has 0 nitrogen and oxygen atoms in total. The molecule has 0 radical (unpaired) electrons. The molecule has 0 atom stereocenters. The molecule has 0 unspecified atom stereocenters. The highest BCUT2D eigenvalue weighted by molar-refractivity contribution is 7.83. The molecule has 0 rings (SSSR count). The van der Waals surface area contributed by atoms with Crippen molar-refractivity contribution in [2.75, 3.05) is 0 Å². The van der Waals surface area contributed by atoms with Crippen molar-refractivity contribution >= 4 is 12.6 Å². The van der Waals surface area contributed by atoms with Gasteiger partial charge in [-0.15, -0.1) is 0 Å². The second-order valence-electron chi connectivity index (χ2n) is 1.08. The van der Waals surface area contributed by atoms with Crippen LogP contribution in [0.25, 0.3) is 0 Å². The third-order valence-electron chi connectivity index (χ3n) is 0.526. The fourth-order valence-corrected chi connectivity index (χ4v) is 0.158. The van der Waals surface area contributed by atoms with E-state index in [9.17, 15) is 0 Å². The zero-order valence-corrected chi connectivity index (χ0v) is 4.70. The zero-order chi connectivity index (χ0) is 4.99. The minimum Gasteiger partial charge on any atom is -0.151 e. The largest absolute Gasteiger partial charge is 0.151 e. The highest BCUT2D eigenvalue weighted by Gasteiger charge is 1.67. The molecule has 0 aliphatic rings. The molecule has 6 heavy (non-hydrogen) atoms. The zero-order valence-electron chi connectivity index (χ0n) is 3.81. The van der Waals surface area contributed by atoms with Gasteiger partial charge < -0.3 is 0 Å². The Labute approximate surface area is 44.0 Å². The van der Waals surface area contributed by atoms with Crippen LogP contribution < -0.4 is 0 Å². The van der Waals surface area contributed by atoms with Crippen molar-refractivity contribution in [2.45, 2.75) is 6.92 Å². The molecular weight excluding hydrogens is 92.1 g/mol. The highest BCUT2D eigenvalue weighted by Crippen LogP contribution is 1.92. The van der Waals surface area contributed by atoms with E-state index in [4.69, 9.17) is 0 Å². The minimum atomic E-state index is 1.10. The normalized spacial score (nSPS) is 11.3. The topological polar surface area (TPSA) is 0 Å². The predicted octanol–water partition coefficient (Wildman–Crippen LogP) is 2.01. The summed E-state index contributed by atoms with van der Waals surface area (Å²) in [6.45, 7) is 5.46. The van der Waals surface area contributed by atoms with Crippen molar-refractivity contribution in [3.8, 4) is 0 Å². The standard InChI is InChI=1S/C5H8S/c1-3-5(2)4-6/h3-4,6H,1H2,2H3/b5-4-. The molecule has 0 bridgehead atoms. The predicted molar refractivity (Wildman–Crippen MR) is 32.9 cm³/mol. The maximum atomic E-state index is 3.86. The molecule has 0 aliphatic carbocycles. The molecule has 0 saturated heterocycles. The average Bonchev–Trinajstić information content (AvgIpc) is 1.65. The van der Waals surface area contributed by atoms with Gasteiger partial charge in [0, 0.05) is 0 Å². The Morgan fingerprint density at radius 3 is 2.33 bits per heavy atom. The van der Waals surface area contributed by atoms with Gasteiger partial charge in [0.25, 0.3) is 0 Å². The quantitative estimate of drug-likeness (QED) is 0.378. The van der Waals surface area contributed by atoms with Crippen LogP contribution in [0.15, 0.2) is 23.6 Å². The number of hydrogen-bond donors (Lipinski definition) is 1. The minimum absolute atomic E-state index is 1.10. The molecular formula is C5H8S. The van der Waals surface area contributed by atoms with Crippen LogP contribution in [0.3, 0.4) is 0 Å². The molecule has 0 aromatic heterocycles. The monoisotopic (exact) mass is 100 g/mol. The summed E-state index contributed by atoms with van der Waals surface area (Å²) in [6.07, 6.45) is 1.76. The molecule has 0 aliphatic heterocycles. The van der Waals surface area contributed by atoms with Gasteiger partial charge in [-0.05, 0) is 17.9 Å². The van der Waals surface area contributed by atoms with Crippen LogP contribution in [-0.2, 0) is 0 Å². The summed E-state index contributed by atoms with van der Waals surface area (Å²) in [4.78, 5) is 0. The van der Waals surface area contributed by atoms with Crippen LogP contribution in [0.4, 0.5) is 0 Å². The molecule has 0 heterocycles. The molecule has 0 aromatic rings. The third-order valence-corrected chi connectivity index (χ3v) is 0.933. The van der Waals surface area contributed by atoms with Crippen molar-refractivity contribution < 1.29 is 0 Å². The molecule has 0 N–H and O–H groups in total. The molecule has 0 spiro atoms. The van der Waals surface area contributed by atoms with Gasteiger partial charge in [-0.25, -0.2) is 0 Å². The van der Waals surface area contributed by atoms with Crippen LogP contribution >= 0.6 is 12.6 Å². The van der Waals surface area contributed by atoms with E-state index in [1.54, 1.807) is 11.5 Å². The highest BCUT2D eigenvalue weighted by atomic mass is 32.1. The summed E-state index contributed by atoms with van der Waals surface area (Å²) >= 11 is 3.86. The Balaban J connectivity index is 3.50. The first-order valence-corrected chi connectivity index (χ1v) is 2.26. The summed E-state index contributed by atoms with van der Waals surface area (Å²) in [7, 11) is 0. The summed E-state index contributed by atoms with van der Waals surface area (Å²) in [6, 6.07) is 0. The van der Waals surface area contributed by atoms with Crippen LogP contribution in [0.1, 0.15) is 6.92 Å². The van der Waals surface area contributed by atoms with E-state index in [2.05, 4.69) is 19.2 Å². The van der Waals surface area contributed by atoms with Crippen molar-refractivity contribution in [1.29, 1.82) is 0 Å². The van der Waals surface area contributed by atoms with Gasteiger partial charge in [0.1, 0.15) is 0 Å². The van der Waals surface area contributed by atoms with Gasteiger partial charge >= 0.3 is 0 Å². The fourth-order valence-electron chi connectivity index (χ4n) is 0.0527. The molecule has 0 fully saturated rings. The second-order valence-corrected chi connectivity index (χ2v) is 1.34. The van der Waals surface area contributed by atoms with E-state index in [-0.39, 0.29) is 0 Å². The van der Waals surface area contributed by atoms with Gasteiger partial charge in [-0.1, -0.05) is 12.7 Å². The summed E-state index contributed by atoms with van der Waals surface area (Å²) < 4.78 is 0. The van der Waals surface area contributed by atoms with E-state index < -0.39 is 0 Å². The number of hydrogen-bond acceptors (Lipinski definition) is 1. The second kappa shape index (κ2) is 3.04. The van der Waals surface area contributed by atoms with Crippen molar-refractivity contribution in [3.05, 3.63) is 23.6 Å². The molecule has 0 aromatic carbocycles. The summed E-state index contributed by atoms with van der Waals surface area (Å²) in [5, 5.41) is 1.72. The van der Waals surface area contributed by atoms with Gasteiger partial charge in [-0.2, -0.15) is 12.6 Å². The molecule has 34 valence electrons. The molecule has 0 saturated carbocycles. The van der Waals surface area contributed by atoms with E-state index in [1.165, 1.54) is 0 Å². The van der Waals surface area contributed by atoms with Gasteiger partial charge in [0.15, 0.2) is 0 Å². The lowest BCUT2D eigenvalue weighted by atomic mass is 10.4. The van der Waals surface area contributed by atoms with Crippen LogP contribution in [-0.4, -0.2) is 0 Å². The smallest absolute Gasteiger partial charge is 0.0295 e. The van der Waals surface area contributed by atoms with Gasteiger partial charge in [0.05, 0.1) is 0 Å². The Morgan fingerprint density at radius 2 is 2.33 bits per heavy atom. The van der Waals surface area contributed by atoms with Gasteiger partial charge in [0.2, 0.25) is 0 Å². The van der Waals surface area contributed by atoms with E-state index >= 15 is 0 Å². The Morgan fingerprint density at radius 1 is 1.83 bits per heavy atom. The molecule has 0 amide bonds. The molecule has 1 heteroatoms. The fraction of sp³-hybridized carbons (Fsp3) is 0.200. The van der Waals surface area contributed by atoms with Crippen LogP contribution in [0.5, 0.6) is 0 Å². The lowest BCUT2D eigenvalue weighted by molar-refractivity contribution is 1.57. The third kappa shape index (κ3) is 2.09. The number of rotatable bonds is 1. The van der Waals surface area contributed by atoms with Crippen LogP contribution in [0.2, 0.25) is 0 Å². The van der Waals surface area contributed by atoms with Crippen molar-refractivity contribution in [1.82, 2.24) is 0 Å². The average molecular weight is 100 g/mol. The van der Waals surface area contributed by atoms with Crippen molar-refractivity contribution in [2.24, 2.45) is 0 Å². The Hall–Kier alpha value is -0.170. The van der Waals surface area contributed by atoms with Gasteiger partial charge in [-0.3, -0.25) is 0 Å². The van der Waals surface area contributed by atoms with E-state index in [0.717, 1.165) is 5.57 Å². The number of allylic oxidation sites excluding steroid dienone is 2. The van der Waals surface area contributed by atoms with E-state index in [1.807, 2.05) is 6.92 Å². The number of thiol groups is 1. The maximum absolute atomic E-state index is 3.86. The Kier molecular flexibility index (Phi) is 2.95. The maximum Gasteiger partial charge on any atom is -0.0295 e. The first-order chi connectivity index (χ1) is 2.81. The van der Waals surface area contributed by atoms with Crippen LogP contribution in [0, 0.1) is 0 Å². The SMILES string of the molecule is C=C/C(C)=C\S. The first kappa shape index (κ1) is 5.83. The van der Waals surface area contributed by atoms with Crippen molar-refractivity contribution in [3.63, 3.8) is 0 Å². The summed E-state index contributed by atoms with van der Waals surface area (Å²) in [5.41, 5.74) is 1.10. The Bertz CT molecular complexity index is 72.0. The lowest BCUT2D eigenvalue weighted by Crippen LogP contribution is -1.55. The lowest BCUT2D eigenvalue weighted by Gasteiger charge is -1.77. The van der Waals surface area contributed by atoms with E-state index in [0.29, 0.717) is 0 Å².